The molecule has 4 N–H and O–H groups in total. The number of carbonyl (C=O) groups is 3. The average Bonchev–Trinajstić information content (AvgIpc) is 3.46. The molecule has 2 amide bonds. The number of carbonyl (C=O) groups excluding carboxylic acids is 2. The molecular formula is C33H32F3N3O8. The number of benzene rings is 3. The van der Waals surface area contributed by atoms with Crippen molar-refractivity contribution >= 4 is 28.7 Å². The van der Waals surface area contributed by atoms with E-state index in [1.54, 1.807) is 36.9 Å². The summed E-state index contributed by atoms with van der Waals surface area (Å²) in [7, 11) is 1.59. The predicted molar refractivity (Wildman–Crippen MR) is 162 cm³/mol. The molecule has 5 rings (SSSR count). The zero-order valence-corrected chi connectivity index (χ0v) is 25.3. The molecule has 1 fully saturated rings. The van der Waals surface area contributed by atoms with E-state index in [0.29, 0.717) is 24.3 Å². The van der Waals surface area contributed by atoms with Crippen molar-refractivity contribution in [2.45, 2.75) is 44.2 Å². The number of hydroxylamine groups is 1. The second kappa shape index (κ2) is 14.9. The van der Waals surface area contributed by atoms with Crippen LogP contribution in [0.1, 0.15) is 46.1 Å². The lowest BCUT2D eigenvalue weighted by molar-refractivity contribution is -0.192. The van der Waals surface area contributed by atoms with Crippen molar-refractivity contribution in [2.24, 2.45) is 0 Å². The summed E-state index contributed by atoms with van der Waals surface area (Å²) >= 11 is 0. The number of halogens is 3. The highest BCUT2D eigenvalue weighted by atomic mass is 19.4. The van der Waals surface area contributed by atoms with Crippen LogP contribution in [0.3, 0.4) is 0 Å². The standard InChI is InChI=1S/C31H31N3O6.C2HF3O2/c1-20-15-23(26-5-3-4-6-27(26)32-20)18-39-25-13-9-22(10-14-25)30(36)33-31(17-29(35)34-37)16-28(40-19-31)21-7-11-24(38-2)12-8-21;3-2(4,5)1(6)7/h3-15,28,37H,16-19H2,1-2H3,(H,33,36)(H,34,35);(H,6,7). The summed E-state index contributed by atoms with van der Waals surface area (Å²) in [6, 6.07) is 24.2. The monoisotopic (exact) mass is 655 g/mol. The number of ether oxygens (including phenoxy) is 3. The van der Waals surface area contributed by atoms with Gasteiger partial charge in [0, 0.05) is 28.6 Å². The number of amides is 2. The van der Waals surface area contributed by atoms with Gasteiger partial charge in [-0.3, -0.25) is 19.8 Å². The molecule has 47 heavy (non-hydrogen) atoms. The number of methoxy groups -OCH3 is 1. The molecule has 1 aliphatic heterocycles. The maximum Gasteiger partial charge on any atom is 0.490 e. The first-order chi connectivity index (χ1) is 22.3. The molecule has 1 saturated heterocycles. The summed E-state index contributed by atoms with van der Waals surface area (Å²) in [5, 5.41) is 20.3. The fourth-order valence-corrected chi connectivity index (χ4v) is 5.06. The number of nitrogens with zero attached hydrogens (tertiary/aromatic N) is 1. The highest BCUT2D eigenvalue weighted by Crippen LogP contribution is 2.38. The Kier molecular flexibility index (Phi) is 11.0. The lowest BCUT2D eigenvalue weighted by atomic mass is 9.89. The number of alkyl halides is 3. The zero-order valence-electron chi connectivity index (χ0n) is 25.3. The van der Waals surface area contributed by atoms with Crippen molar-refractivity contribution in [1.29, 1.82) is 0 Å². The summed E-state index contributed by atoms with van der Waals surface area (Å²) in [5.41, 5.74) is 4.85. The van der Waals surface area contributed by atoms with Gasteiger partial charge in [-0.15, -0.1) is 0 Å². The number of aryl methyl sites for hydroxylation is 1. The van der Waals surface area contributed by atoms with Gasteiger partial charge in [0.05, 0.1) is 37.3 Å². The number of rotatable bonds is 9. The van der Waals surface area contributed by atoms with Gasteiger partial charge in [0.2, 0.25) is 5.91 Å². The number of aliphatic carboxylic acids is 1. The SMILES string of the molecule is COc1ccc(C2CC(CC(=O)NO)(NC(=O)c3ccc(OCc4cc(C)nc5ccccc45)cc3)CO2)cc1.O=C(O)C(F)(F)F. The summed E-state index contributed by atoms with van der Waals surface area (Å²) < 4.78 is 49.0. The van der Waals surface area contributed by atoms with Crippen LogP contribution in [0.2, 0.25) is 0 Å². The number of pyridine rings is 1. The Morgan fingerprint density at radius 1 is 1.02 bits per heavy atom. The number of carboxylic acids is 1. The fraction of sp³-hybridized carbons (Fsp3) is 0.273. The molecule has 0 spiro atoms. The largest absolute Gasteiger partial charge is 0.497 e. The van der Waals surface area contributed by atoms with Crippen LogP contribution in [-0.2, 0) is 20.9 Å². The van der Waals surface area contributed by atoms with Gasteiger partial charge in [-0.25, -0.2) is 10.3 Å². The summed E-state index contributed by atoms with van der Waals surface area (Å²) in [4.78, 5) is 38.9. The van der Waals surface area contributed by atoms with Crippen molar-refractivity contribution in [3.8, 4) is 11.5 Å². The molecule has 2 heterocycles. The molecule has 4 aromatic rings. The van der Waals surface area contributed by atoms with Crippen molar-refractivity contribution in [2.75, 3.05) is 13.7 Å². The molecule has 2 atom stereocenters. The number of hydrogen-bond acceptors (Lipinski definition) is 8. The number of para-hydroxylation sites is 1. The van der Waals surface area contributed by atoms with E-state index < -0.39 is 23.6 Å². The lowest BCUT2D eigenvalue weighted by Gasteiger charge is -2.28. The summed E-state index contributed by atoms with van der Waals surface area (Å²) in [6.45, 7) is 2.43. The van der Waals surface area contributed by atoms with Gasteiger partial charge in [-0.05, 0) is 61.0 Å². The number of aromatic nitrogens is 1. The van der Waals surface area contributed by atoms with E-state index in [1.807, 2.05) is 61.5 Å². The van der Waals surface area contributed by atoms with Crippen LogP contribution >= 0.6 is 0 Å². The van der Waals surface area contributed by atoms with Crippen LogP contribution in [0.5, 0.6) is 11.5 Å². The minimum atomic E-state index is -5.08. The molecule has 0 bridgehead atoms. The minimum absolute atomic E-state index is 0.114. The van der Waals surface area contributed by atoms with Crippen molar-refractivity contribution < 1.29 is 52.1 Å². The third-order valence-corrected chi connectivity index (χ3v) is 7.31. The van der Waals surface area contributed by atoms with Crippen molar-refractivity contribution in [3.05, 3.63) is 101 Å². The van der Waals surface area contributed by atoms with Crippen LogP contribution < -0.4 is 20.3 Å². The third kappa shape index (κ3) is 9.17. The first kappa shape index (κ1) is 34.7. The zero-order chi connectivity index (χ0) is 34.2. The predicted octanol–water partition coefficient (Wildman–Crippen LogP) is 5.29. The van der Waals surface area contributed by atoms with Crippen molar-refractivity contribution in [1.82, 2.24) is 15.8 Å². The first-order valence-corrected chi connectivity index (χ1v) is 14.2. The average molecular weight is 656 g/mol. The van der Waals surface area contributed by atoms with E-state index in [4.69, 9.17) is 29.3 Å². The van der Waals surface area contributed by atoms with E-state index in [0.717, 1.165) is 33.5 Å². The Hall–Kier alpha value is -5.21. The molecule has 0 saturated carbocycles. The Bertz CT molecular complexity index is 1720. The highest BCUT2D eigenvalue weighted by Gasteiger charge is 2.44. The van der Waals surface area contributed by atoms with E-state index in [9.17, 15) is 22.8 Å². The second-order valence-electron chi connectivity index (χ2n) is 10.8. The smallest absolute Gasteiger partial charge is 0.490 e. The molecule has 3 aromatic carbocycles. The van der Waals surface area contributed by atoms with Crippen molar-refractivity contribution in [3.63, 3.8) is 0 Å². The maximum atomic E-state index is 13.3. The summed E-state index contributed by atoms with van der Waals surface area (Å²) in [6.07, 6.45) is -5.19. The van der Waals surface area contributed by atoms with Gasteiger partial charge in [-0.2, -0.15) is 13.2 Å². The second-order valence-corrected chi connectivity index (χ2v) is 10.8. The fourth-order valence-electron chi connectivity index (χ4n) is 5.06. The Balaban J connectivity index is 0.000000644. The number of fused-ring (bicyclic) bond motifs is 1. The molecule has 0 radical (unpaired) electrons. The van der Waals surface area contributed by atoms with Gasteiger partial charge in [-0.1, -0.05) is 30.3 Å². The highest BCUT2D eigenvalue weighted by molar-refractivity contribution is 5.95. The minimum Gasteiger partial charge on any atom is -0.497 e. The molecule has 11 nitrogen and oxygen atoms in total. The Labute approximate surface area is 267 Å². The quantitative estimate of drug-likeness (QED) is 0.139. The number of carboxylic acid groups (broad SMARTS) is 1. The van der Waals surface area contributed by atoms with Crippen LogP contribution in [0.4, 0.5) is 13.2 Å². The molecule has 1 aliphatic rings. The Morgan fingerprint density at radius 2 is 1.66 bits per heavy atom. The van der Waals surface area contributed by atoms with Crippen LogP contribution in [0.25, 0.3) is 10.9 Å². The van der Waals surface area contributed by atoms with E-state index in [2.05, 4.69) is 10.3 Å². The van der Waals surface area contributed by atoms with Gasteiger partial charge in [0.25, 0.3) is 5.91 Å². The van der Waals surface area contributed by atoms with Gasteiger partial charge < -0.3 is 24.6 Å². The van der Waals surface area contributed by atoms with E-state index in [-0.39, 0.29) is 25.0 Å². The maximum absolute atomic E-state index is 13.3. The number of nitrogens with one attached hydrogen (secondary N) is 2. The third-order valence-electron chi connectivity index (χ3n) is 7.31. The Morgan fingerprint density at radius 3 is 2.28 bits per heavy atom. The van der Waals surface area contributed by atoms with Gasteiger partial charge >= 0.3 is 12.1 Å². The summed E-state index contributed by atoms with van der Waals surface area (Å²) in [5.74, 6) is -2.38. The first-order valence-electron chi connectivity index (χ1n) is 14.2. The van der Waals surface area contributed by atoms with Crippen LogP contribution in [0.15, 0.2) is 78.9 Å². The van der Waals surface area contributed by atoms with E-state index in [1.165, 1.54) is 0 Å². The van der Waals surface area contributed by atoms with Crippen LogP contribution in [0, 0.1) is 6.92 Å². The molecule has 248 valence electrons. The molecule has 1 aromatic heterocycles. The molecule has 0 aliphatic carbocycles. The topological polar surface area (TPSA) is 156 Å². The van der Waals surface area contributed by atoms with Gasteiger partial charge in [0.15, 0.2) is 0 Å². The number of hydrogen-bond donors (Lipinski definition) is 4. The van der Waals surface area contributed by atoms with E-state index >= 15 is 0 Å². The van der Waals surface area contributed by atoms with Gasteiger partial charge in [0.1, 0.15) is 18.1 Å². The van der Waals surface area contributed by atoms with Crippen LogP contribution in [-0.4, -0.2) is 58.5 Å². The lowest BCUT2D eigenvalue weighted by Crippen LogP contribution is -2.51. The molecular weight excluding hydrogens is 623 g/mol. The normalized spacial score (nSPS) is 17.3. The molecule has 2 unspecified atom stereocenters. The molecule has 14 heteroatoms.